The highest BCUT2D eigenvalue weighted by Crippen LogP contribution is 2.23. The topological polar surface area (TPSA) is 75.6 Å². The van der Waals surface area contributed by atoms with Gasteiger partial charge in [0.1, 0.15) is 11.9 Å². The zero-order valence-corrected chi connectivity index (χ0v) is 15.0. The first-order valence-corrected chi connectivity index (χ1v) is 9.03. The number of ether oxygens (including phenoxy) is 1. The molecule has 0 bridgehead atoms. The van der Waals surface area contributed by atoms with Crippen LogP contribution in [0.5, 0.6) is 5.88 Å². The predicted molar refractivity (Wildman–Crippen MR) is 92.0 cm³/mol. The van der Waals surface area contributed by atoms with Crippen LogP contribution in [0.2, 0.25) is 0 Å². The lowest BCUT2D eigenvalue weighted by molar-refractivity contribution is -0.142. The summed E-state index contributed by atoms with van der Waals surface area (Å²) in [6.45, 7) is 6.17. The highest BCUT2D eigenvalue weighted by molar-refractivity contribution is 5.80. The molecule has 0 N–H and O–H groups in total. The van der Waals surface area contributed by atoms with E-state index in [4.69, 9.17) is 4.74 Å². The van der Waals surface area contributed by atoms with E-state index in [1.54, 1.807) is 19.2 Å². The van der Waals surface area contributed by atoms with Gasteiger partial charge in [-0.2, -0.15) is 4.98 Å². The number of hydrogen-bond acceptors (Lipinski definition) is 5. The summed E-state index contributed by atoms with van der Waals surface area (Å²) in [5.41, 5.74) is 0. The minimum Gasteiger partial charge on any atom is -0.472 e. The van der Waals surface area contributed by atoms with Gasteiger partial charge in [-0.05, 0) is 32.6 Å². The lowest BCUT2D eigenvalue weighted by atomic mass is 9.94. The maximum atomic E-state index is 12.8. The number of carbonyl (C=O) groups excluding carboxylic acids is 2. The Bertz CT molecular complexity index is 629. The van der Waals surface area contributed by atoms with E-state index in [0.717, 1.165) is 32.2 Å². The number of piperidine rings is 2. The molecule has 2 amide bonds. The number of amides is 2. The molecule has 0 saturated carbocycles. The van der Waals surface area contributed by atoms with Crippen LogP contribution in [0.3, 0.4) is 0 Å². The summed E-state index contributed by atoms with van der Waals surface area (Å²) in [5, 5.41) is 0. The van der Waals surface area contributed by atoms with E-state index < -0.39 is 0 Å². The summed E-state index contributed by atoms with van der Waals surface area (Å²) in [5.74, 6) is 1.57. The summed E-state index contributed by atoms with van der Waals surface area (Å²) in [7, 11) is 0. The predicted octanol–water partition coefficient (Wildman–Crippen LogP) is 1.41. The lowest BCUT2D eigenvalue weighted by Gasteiger charge is -2.37. The number of likely N-dealkylation sites (tertiary alicyclic amines) is 2. The molecule has 2 fully saturated rings. The standard InChI is InChI=1S/C18H26N4O3/c1-13-19-8-5-17(20-13)25-16-4-3-9-22(12-16)18(24)15-6-10-21(11-7-15)14(2)23/h5,8,15-16H,3-4,6-7,9-12H2,1-2H3. The molecular weight excluding hydrogens is 320 g/mol. The number of aromatic nitrogens is 2. The summed E-state index contributed by atoms with van der Waals surface area (Å²) in [6.07, 6.45) is 5.04. The first-order valence-electron chi connectivity index (χ1n) is 9.03. The highest BCUT2D eigenvalue weighted by atomic mass is 16.5. The molecule has 0 spiro atoms. The van der Waals surface area contributed by atoms with Crippen molar-refractivity contribution in [3.8, 4) is 5.88 Å². The molecule has 7 nitrogen and oxygen atoms in total. The molecule has 2 saturated heterocycles. The Hall–Kier alpha value is -2.18. The fourth-order valence-corrected chi connectivity index (χ4v) is 3.60. The normalized spacial score (nSPS) is 21.9. The van der Waals surface area contributed by atoms with Crippen LogP contribution >= 0.6 is 0 Å². The summed E-state index contributed by atoms with van der Waals surface area (Å²) in [4.78, 5) is 36.3. The van der Waals surface area contributed by atoms with Crippen LogP contribution in [0, 0.1) is 12.8 Å². The van der Waals surface area contributed by atoms with E-state index in [1.165, 1.54) is 0 Å². The maximum absolute atomic E-state index is 12.8. The largest absolute Gasteiger partial charge is 0.472 e. The van der Waals surface area contributed by atoms with Gasteiger partial charge in [-0.3, -0.25) is 9.59 Å². The van der Waals surface area contributed by atoms with Crippen LogP contribution in [0.1, 0.15) is 38.4 Å². The van der Waals surface area contributed by atoms with Crippen LogP contribution in [0.15, 0.2) is 12.3 Å². The minimum atomic E-state index is -0.0238. The smallest absolute Gasteiger partial charge is 0.225 e. The van der Waals surface area contributed by atoms with E-state index in [2.05, 4.69) is 9.97 Å². The molecule has 1 unspecified atom stereocenters. The quantitative estimate of drug-likeness (QED) is 0.827. The van der Waals surface area contributed by atoms with Crippen molar-refractivity contribution in [1.29, 1.82) is 0 Å². The van der Waals surface area contributed by atoms with Gasteiger partial charge in [0.15, 0.2) is 0 Å². The van der Waals surface area contributed by atoms with Crippen molar-refractivity contribution in [1.82, 2.24) is 19.8 Å². The van der Waals surface area contributed by atoms with Gasteiger partial charge in [0.05, 0.1) is 6.54 Å². The molecule has 25 heavy (non-hydrogen) atoms. The average molecular weight is 346 g/mol. The molecule has 1 aromatic heterocycles. The summed E-state index contributed by atoms with van der Waals surface area (Å²) >= 11 is 0. The summed E-state index contributed by atoms with van der Waals surface area (Å²) in [6, 6.07) is 1.76. The molecule has 2 aliphatic heterocycles. The number of carbonyl (C=O) groups is 2. The molecule has 3 rings (SSSR count). The van der Waals surface area contributed by atoms with Crippen molar-refractivity contribution < 1.29 is 14.3 Å². The van der Waals surface area contributed by atoms with Crippen molar-refractivity contribution in [2.45, 2.75) is 45.6 Å². The Morgan fingerprint density at radius 2 is 1.92 bits per heavy atom. The third-order valence-electron chi connectivity index (χ3n) is 5.02. The van der Waals surface area contributed by atoms with Crippen LogP contribution in [-0.4, -0.2) is 63.9 Å². The Balaban J connectivity index is 1.54. The molecule has 0 radical (unpaired) electrons. The van der Waals surface area contributed by atoms with Gasteiger partial charge in [-0.15, -0.1) is 0 Å². The Labute approximate surface area is 148 Å². The van der Waals surface area contributed by atoms with Gasteiger partial charge < -0.3 is 14.5 Å². The van der Waals surface area contributed by atoms with Crippen molar-refractivity contribution in [2.75, 3.05) is 26.2 Å². The third-order valence-corrected chi connectivity index (χ3v) is 5.02. The van der Waals surface area contributed by atoms with Gasteiger partial charge in [-0.1, -0.05) is 0 Å². The second-order valence-electron chi connectivity index (χ2n) is 6.89. The van der Waals surface area contributed by atoms with Gasteiger partial charge in [0, 0.05) is 44.7 Å². The fraction of sp³-hybridized carbons (Fsp3) is 0.667. The molecule has 0 aromatic carbocycles. The van der Waals surface area contributed by atoms with Crippen molar-refractivity contribution in [3.63, 3.8) is 0 Å². The third kappa shape index (κ3) is 4.46. The van der Waals surface area contributed by atoms with E-state index in [1.807, 2.05) is 16.7 Å². The Morgan fingerprint density at radius 3 is 2.60 bits per heavy atom. The van der Waals surface area contributed by atoms with Crippen LogP contribution in [0.25, 0.3) is 0 Å². The molecule has 1 atom stereocenters. The zero-order valence-electron chi connectivity index (χ0n) is 15.0. The van der Waals surface area contributed by atoms with E-state index in [-0.39, 0.29) is 23.8 Å². The highest BCUT2D eigenvalue weighted by Gasteiger charge is 2.32. The monoisotopic (exact) mass is 346 g/mol. The van der Waals surface area contributed by atoms with Crippen molar-refractivity contribution in [2.24, 2.45) is 5.92 Å². The first kappa shape index (κ1) is 17.6. The first-order chi connectivity index (χ1) is 12.0. The van der Waals surface area contributed by atoms with Gasteiger partial charge in [0.2, 0.25) is 17.7 Å². The molecule has 3 heterocycles. The SMILES string of the molecule is CC(=O)N1CCC(C(=O)N2CCCC(Oc3ccnc(C)n3)C2)CC1. The average Bonchev–Trinajstić information content (AvgIpc) is 2.61. The molecule has 0 aliphatic carbocycles. The van der Waals surface area contributed by atoms with Crippen molar-refractivity contribution >= 4 is 11.8 Å². The molecule has 2 aliphatic rings. The van der Waals surface area contributed by atoms with E-state index in [9.17, 15) is 9.59 Å². The van der Waals surface area contributed by atoms with Gasteiger partial charge in [0.25, 0.3) is 0 Å². The van der Waals surface area contributed by atoms with E-state index in [0.29, 0.717) is 31.3 Å². The number of nitrogens with zero attached hydrogens (tertiary/aromatic N) is 4. The lowest BCUT2D eigenvalue weighted by Crippen LogP contribution is -2.49. The van der Waals surface area contributed by atoms with Crippen LogP contribution in [-0.2, 0) is 9.59 Å². The van der Waals surface area contributed by atoms with Gasteiger partial charge in [-0.25, -0.2) is 4.98 Å². The zero-order chi connectivity index (χ0) is 17.8. The minimum absolute atomic E-state index is 0.0237. The fourth-order valence-electron chi connectivity index (χ4n) is 3.60. The molecule has 7 heteroatoms. The maximum Gasteiger partial charge on any atom is 0.225 e. The molecule has 136 valence electrons. The van der Waals surface area contributed by atoms with Crippen LogP contribution in [0.4, 0.5) is 0 Å². The number of hydrogen-bond donors (Lipinski definition) is 0. The number of rotatable bonds is 3. The summed E-state index contributed by atoms with van der Waals surface area (Å²) < 4.78 is 5.95. The Kier molecular flexibility index (Phi) is 5.50. The molecule has 1 aromatic rings. The van der Waals surface area contributed by atoms with Gasteiger partial charge >= 0.3 is 0 Å². The number of aryl methyl sites for hydroxylation is 1. The van der Waals surface area contributed by atoms with Crippen molar-refractivity contribution in [3.05, 3.63) is 18.1 Å². The Morgan fingerprint density at radius 1 is 1.16 bits per heavy atom. The molecular formula is C18H26N4O3. The van der Waals surface area contributed by atoms with E-state index >= 15 is 0 Å². The second kappa shape index (κ2) is 7.80. The van der Waals surface area contributed by atoms with Crippen LogP contribution < -0.4 is 4.74 Å². The second-order valence-corrected chi connectivity index (χ2v) is 6.89.